The van der Waals surface area contributed by atoms with Crippen molar-refractivity contribution in [3.63, 3.8) is 0 Å². The molecule has 3 aromatic rings. The molecule has 5 nitrogen and oxygen atoms in total. The van der Waals surface area contributed by atoms with Crippen LogP contribution in [0.25, 0.3) is 16.9 Å². The van der Waals surface area contributed by atoms with E-state index in [1.807, 2.05) is 70.3 Å². The molecule has 1 N–H and O–H groups in total. The number of hydrogen-bond donors (Lipinski definition) is 1. The summed E-state index contributed by atoms with van der Waals surface area (Å²) in [5, 5.41) is 4.71. The van der Waals surface area contributed by atoms with Gasteiger partial charge in [0.1, 0.15) is 4.75 Å². The van der Waals surface area contributed by atoms with Crippen LogP contribution in [0, 0.1) is 0 Å². The number of rotatable bonds is 4. The van der Waals surface area contributed by atoms with Crippen LogP contribution in [0.15, 0.2) is 48.8 Å². The topological polar surface area (TPSA) is 65.3 Å². The number of hydrogen-bond acceptors (Lipinski definition) is 4. The van der Waals surface area contributed by atoms with Gasteiger partial charge in [-0.25, -0.2) is 9.50 Å². The van der Waals surface area contributed by atoms with Gasteiger partial charge in [0.05, 0.1) is 11.7 Å². The highest BCUT2D eigenvalue weighted by atomic mass is 32.2. The third-order valence-electron chi connectivity index (χ3n) is 3.77. The number of aromatic nitrogens is 3. The molecule has 2 heterocycles. The zero-order valence-electron chi connectivity index (χ0n) is 14.4. The van der Waals surface area contributed by atoms with Gasteiger partial charge in [0, 0.05) is 34.9 Å². The summed E-state index contributed by atoms with van der Waals surface area (Å²) in [6, 6.07) is 11.9. The predicted molar refractivity (Wildman–Crippen MR) is 97.9 cm³/mol. The molecule has 3 rings (SSSR count). The van der Waals surface area contributed by atoms with Gasteiger partial charge in [0.15, 0.2) is 5.65 Å². The van der Waals surface area contributed by atoms with Crippen LogP contribution in [0.5, 0.6) is 0 Å². The molecule has 0 saturated carbocycles. The van der Waals surface area contributed by atoms with E-state index in [0.717, 1.165) is 22.5 Å². The maximum absolute atomic E-state index is 12.5. The largest absolute Gasteiger partial charge is 0.598 e. The highest BCUT2D eigenvalue weighted by Gasteiger charge is 2.29. The van der Waals surface area contributed by atoms with Crippen molar-refractivity contribution in [1.29, 1.82) is 0 Å². The Morgan fingerprint density at radius 1 is 1.21 bits per heavy atom. The minimum atomic E-state index is -1.16. The number of benzene rings is 1. The molecule has 2 atom stereocenters. The van der Waals surface area contributed by atoms with Crippen molar-refractivity contribution in [2.24, 2.45) is 0 Å². The van der Waals surface area contributed by atoms with Crippen molar-refractivity contribution in [3.05, 3.63) is 54.4 Å². The molecule has 0 amide bonds. The molecule has 0 bridgehead atoms. The SMILES string of the molecule is C[C@H](N[S+]([O-])C(C)(C)C)c1cc2nccn2nc1-c1ccccc1. The molecule has 2 aromatic heterocycles. The van der Waals surface area contributed by atoms with Crippen molar-refractivity contribution in [1.82, 2.24) is 19.3 Å². The van der Waals surface area contributed by atoms with Crippen LogP contribution in [0.3, 0.4) is 0 Å². The second kappa shape index (κ2) is 6.55. The number of nitrogens with one attached hydrogen (secondary N) is 1. The first kappa shape index (κ1) is 17.0. The van der Waals surface area contributed by atoms with Crippen LogP contribution < -0.4 is 4.72 Å². The first-order chi connectivity index (χ1) is 11.4. The van der Waals surface area contributed by atoms with Crippen LogP contribution in [-0.2, 0) is 11.4 Å². The molecule has 0 aliphatic rings. The Balaban J connectivity index is 2.05. The third-order valence-corrected chi connectivity index (χ3v) is 5.45. The highest BCUT2D eigenvalue weighted by Crippen LogP contribution is 2.28. The molecule has 0 saturated heterocycles. The summed E-state index contributed by atoms with van der Waals surface area (Å²) in [5.74, 6) is 0. The van der Waals surface area contributed by atoms with E-state index in [1.54, 1.807) is 10.7 Å². The van der Waals surface area contributed by atoms with E-state index in [4.69, 9.17) is 5.10 Å². The Bertz CT molecular complexity index is 826. The average Bonchev–Trinajstić information content (AvgIpc) is 3.01. The Labute approximate surface area is 145 Å². The fourth-order valence-corrected chi connectivity index (χ4v) is 3.22. The summed E-state index contributed by atoms with van der Waals surface area (Å²) in [6.45, 7) is 7.87. The lowest BCUT2D eigenvalue weighted by Gasteiger charge is -2.27. The van der Waals surface area contributed by atoms with Crippen molar-refractivity contribution < 1.29 is 4.55 Å². The van der Waals surface area contributed by atoms with Gasteiger partial charge in [0.25, 0.3) is 0 Å². The van der Waals surface area contributed by atoms with Crippen molar-refractivity contribution in [2.75, 3.05) is 0 Å². The molecule has 126 valence electrons. The smallest absolute Gasteiger partial charge is 0.153 e. The second-order valence-corrected chi connectivity index (χ2v) is 8.76. The van der Waals surface area contributed by atoms with Crippen LogP contribution in [0.4, 0.5) is 0 Å². The lowest BCUT2D eigenvalue weighted by atomic mass is 10.0. The van der Waals surface area contributed by atoms with Gasteiger partial charge in [0.2, 0.25) is 0 Å². The average molecular weight is 342 g/mol. The minimum absolute atomic E-state index is 0.116. The summed E-state index contributed by atoms with van der Waals surface area (Å²) in [5.41, 5.74) is 3.66. The van der Waals surface area contributed by atoms with Gasteiger partial charge >= 0.3 is 0 Å². The summed E-state index contributed by atoms with van der Waals surface area (Å²) in [7, 11) is 0. The van der Waals surface area contributed by atoms with Crippen LogP contribution in [0.2, 0.25) is 0 Å². The first-order valence-corrected chi connectivity index (χ1v) is 9.09. The van der Waals surface area contributed by atoms with E-state index >= 15 is 0 Å². The Morgan fingerprint density at radius 3 is 2.58 bits per heavy atom. The molecule has 0 aliphatic carbocycles. The summed E-state index contributed by atoms with van der Waals surface area (Å²) >= 11 is -1.16. The van der Waals surface area contributed by atoms with Crippen molar-refractivity contribution >= 4 is 17.0 Å². The number of imidazole rings is 1. The van der Waals surface area contributed by atoms with Crippen molar-refractivity contribution in [3.8, 4) is 11.3 Å². The number of fused-ring (bicyclic) bond motifs is 1. The molecule has 0 fully saturated rings. The summed E-state index contributed by atoms with van der Waals surface area (Å²) < 4.78 is 17.1. The molecule has 0 radical (unpaired) electrons. The fourth-order valence-electron chi connectivity index (χ4n) is 2.42. The quantitative estimate of drug-likeness (QED) is 0.737. The maximum atomic E-state index is 12.5. The van der Waals surface area contributed by atoms with E-state index in [1.165, 1.54) is 0 Å². The zero-order valence-corrected chi connectivity index (χ0v) is 15.2. The normalized spacial score (nSPS) is 14.7. The monoisotopic (exact) mass is 342 g/mol. The van der Waals surface area contributed by atoms with E-state index in [9.17, 15) is 4.55 Å². The third kappa shape index (κ3) is 3.45. The van der Waals surface area contributed by atoms with Gasteiger partial charge < -0.3 is 4.55 Å². The van der Waals surface area contributed by atoms with E-state index in [-0.39, 0.29) is 10.8 Å². The molecule has 24 heavy (non-hydrogen) atoms. The Hall–Kier alpha value is -1.89. The van der Waals surface area contributed by atoms with Crippen molar-refractivity contribution in [2.45, 2.75) is 38.5 Å². The molecule has 1 unspecified atom stereocenters. The zero-order chi connectivity index (χ0) is 17.3. The first-order valence-electron chi connectivity index (χ1n) is 7.94. The Morgan fingerprint density at radius 2 is 1.92 bits per heavy atom. The minimum Gasteiger partial charge on any atom is -0.598 e. The van der Waals surface area contributed by atoms with E-state index in [2.05, 4.69) is 9.71 Å². The molecule has 6 heteroatoms. The van der Waals surface area contributed by atoms with Gasteiger partial charge in [-0.2, -0.15) is 5.10 Å². The fraction of sp³-hybridized carbons (Fsp3) is 0.333. The molecule has 0 spiro atoms. The predicted octanol–water partition coefficient (Wildman–Crippen LogP) is 3.51. The molecular formula is C18H22N4OS. The summed E-state index contributed by atoms with van der Waals surface area (Å²) in [4.78, 5) is 4.32. The van der Waals surface area contributed by atoms with E-state index in [0.29, 0.717) is 0 Å². The lowest BCUT2D eigenvalue weighted by molar-refractivity contribution is 0.531. The second-order valence-electron chi connectivity index (χ2n) is 6.76. The van der Waals surface area contributed by atoms with Gasteiger partial charge in [-0.3, -0.25) is 0 Å². The standard InChI is InChI=1S/C18H22N4OS/c1-13(21-24(23)18(2,3)4)15-12-16-19-10-11-22(16)20-17(15)14-8-6-5-7-9-14/h5-13,21H,1-4H3/t13-,24?/m0/s1. The van der Waals surface area contributed by atoms with Gasteiger partial charge in [-0.15, -0.1) is 4.72 Å². The molecule has 0 aliphatic heterocycles. The number of nitrogens with zero attached hydrogens (tertiary/aromatic N) is 3. The lowest BCUT2D eigenvalue weighted by Crippen LogP contribution is -2.40. The Kier molecular flexibility index (Phi) is 4.62. The van der Waals surface area contributed by atoms with Crippen LogP contribution in [-0.4, -0.2) is 23.9 Å². The van der Waals surface area contributed by atoms with Crippen LogP contribution in [0.1, 0.15) is 39.3 Å². The van der Waals surface area contributed by atoms with E-state index < -0.39 is 11.4 Å². The summed E-state index contributed by atoms with van der Waals surface area (Å²) in [6.07, 6.45) is 3.56. The highest BCUT2D eigenvalue weighted by molar-refractivity contribution is 7.90. The van der Waals surface area contributed by atoms with Gasteiger partial charge in [-0.05, 0) is 33.8 Å². The molecular weight excluding hydrogens is 320 g/mol. The van der Waals surface area contributed by atoms with Crippen LogP contribution >= 0.6 is 0 Å². The molecule has 1 aromatic carbocycles. The van der Waals surface area contributed by atoms with Gasteiger partial charge in [-0.1, -0.05) is 30.3 Å². The maximum Gasteiger partial charge on any atom is 0.153 e.